The molecule has 4 nitrogen and oxygen atoms in total. The summed E-state index contributed by atoms with van der Waals surface area (Å²) in [6.07, 6.45) is 3.43. The summed E-state index contributed by atoms with van der Waals surface area (Å²) >= 11 is 0. The van der Waals surface area contributed by atoms with Gasteiger partial charge in [0, 0.05) is 34.0 Å². The van der Waals surface area contributed by atoms with Gasteiger partial charge in [-0.05, 0) is 29.8 Å². The van der Waals surface area contributed by atoms with Crippen LogP contribution in [-0.4, -0.2) is 14.5 Å². The molecule has 0 unspecified atom stereocenters. The number of aromatic nitrogens is 3. The van der Waals surface area contributed by atoms with Crippen LogP contribution in [0.1, 0.15) is 5.69 Å². The van der Waals surface area contributed by atoms with Gasteiger partial charge in [0.2, 0.25) is 0 Å². The van der Waals surface area contributed by atoms with E-state index in [0.717, 1.165) is 43.8 Å². The molecular weight excluding hydrogens is 399 g/mol. The quantitative estimate of drug-likeness (QED) is 0.329. The highest BCUT2D eigenvalue weighted by molar-refractivity contribution is 6.16. The van der Waals surface area contributed by atoms with Crippen LogP contribution in [0, 0.1) is 17.1 Å². The molecule has 3 aromatic carbocycles. The molecular formula is C27H15FN4. The molecule has 0 radical (unpaired) electrons. The van der Waals surface area contributed by atoms with Gasteiger partial charge in [0.15, 0.2) is 11.5 Å². The Balaban J connectivity index is 1.69. The van der Waals surface area contributed by atoms with Gasteiger partial charge in [0.25, 0.3) is 0 Å². The smallest absolute Gasteiger partial charge is 0.176 e. The van der Waals surface area contributed by atoms with Crippen molar-refractivity contribution >= 4 is 32.7 Å². The van der Waals surface area contributed by atoms with Gasteiger partial charge in [-0.25, -0.2) is 9.37 Å². The summed E-state index contributed by atoms with van der Waals surface area (Å²) in [6.45, 7) is 0. The predicted octanol–water partition coefficient (Wildman–Crippen LogP) is 6.40. The highest BCUT2D eigenvalue weighted by Gasteiger charge is 2.17. The lowest BCUT2D eigenvalue weighted by Gasteiger charge is -2.09. The van der Waals surface area contributed by atoms with Gasteiger partial charge in [-0.1, -0.05) is 48.5 Å². The second kappa shape index (κ2) is 7.00. The van der Waals surface area contributed by atoms with E-state index in [0.29, 0.717) is 5.69 Å². The van der Waals surface area contributed by atoms with E-state index in [2.05, 4.69) is 34.2 Å². The zero-order valence-electron chi connectivity index (χ0n) is 16.8. The number of pyridine rings is 2. The predicted molar refractivity (Wildman–Crippen MR) is 124 cm³/mol. The first kappa shape index (κ1) is 18.2. The van der Waals surface area contributed by atoms with Crippen LogP contribution in [0.3, 0.4) is 0 Å². The number of halogens is 1. The highest BCUT2D eigenvalue weighted by Crippen LogP contribution is 2.38. The number of hydrogen-bond donors (Lipinski definition) is 0. The zero-order chi connectivity index (χ0) is 21.7. The molecule has 5 heteroatoms. The zero-order valence-corrected chi connectivity index (χ0v) is 16.8. The molecule has 0 N–H and O–H groups in total. The monoisotopic (exact) mass is 414 g/mol. The summed E-state index contributed by atoms with van der Waals surface area (Å²) in [7, 11) is 0. The molecule has 6 aromatic rings. The fourth-order valence-corrected chi connectivity index (χ4v) is 4.39. The van der Waals surface area contributed by atoms with Crippen molar-refractivity contribution in [2.75, 3.05) is 0 Å². The molecule has 6 rings (SSSR count). The number of rotatable bonds is 2. The van der Waals surface area contributed by atoms with Crippen molar-refractivity contribution in [2.45, 2.75) is 0 Å². The minimum Gasteiger partial charge on any atom is -0.308 e. The topological polar surface area (TPSA) is 54.5 Å². The standard InChI is InChI=1S/C27H15FN4/c28-22-13-19(16-31-24(22)14-29)32-25-10-4-2-7-21(25)27-20(8-5-11-26(27)32)18-12-17-6-1-3-9-23(17)30-15-18/h1-13,15-16H. The van der Waals surface area contributed by atoms with Crippen molar-refractivity contribution in [3.05, 3.63) is 103 Å². The van der Waals surface area contributed by atoms with Crippen molar-refractivity contribution in [3.63, 3.8) is 0 Å². The Morgan fingerprint density at radius 2 is 1.62 bits per heavy atom. The van der Waals surface area contributed by atoms with E-state index in [9.17, 15) is 4.39 Å². The van der Waals surface area contributed by atoms with Crippen LogP contribution in [0.25, 0.3) is 49.5 Å². The number of nitriles is 1. The average molecular weight is 414 g/mol. The Bertz CT molecular complexity index is 1710. The molecule has 150 valence electrons. The Hall–Kier alpha value is -4.56. The molecule has 0 saturated carbocycles. The normalized spacial score (nSPS) is 11.2. The van der Waals surface area contributed by atoms with Crippen LogP contribution in [0.5, 0.6) is 0 Å². The lowest BCUT2D eigenvalue weighted by Crippen LogP contribution is -1.98. The summed E-state index contributed by atoms with van der Waals surface area (Å²) < 4.78 is 16.4. The van der Waals surface area contributed by atoms with Gasteiger partial charge in [0.1, 0.15) is 6.07 Å². The maximum Gasteiger partial charge on any atom is 0.176 e. The summed E-state index contributed by atoms with van der Waals surface area (Å²) in [6, 6.07) is 27.5. The van der Waals surface area contributed by atoms with Crippen LogP contribution in [0.15, 0.2) is 91.3 Å². The SMILES string of the molecule is N#Cc1ncc(-n2c3ccccc3c3c(-c4cnc5ccccc5c4)cccc32)cc1F. The summed E-state index contributed by atoms with van der Waals surface area (Å²) in [5.41, 5.74) is 5.25. The molecule has 0 atom stereocenters. The maximum atomic E-state index is 14.4. The Labute approximate surface area is 182 Å². The fraction of sp³-hybridized carbons (Fsp3) is 0. The molecule has 3 heterocycles. The van der Waals surface area contributed by atoms with E-state index in [1.54, 1.807) is 6.07 Å². The average Bonchev–Trinajstić information content (AvgIpc) is 3.18. The fourth-order valence-electron chi connectivity index (χ4n) is 4.39. The van der Waals surface area contributed by atoms with Crippen molar-refractivity contribution in [2.24, 2.45) is 0 Å². The Kier molecular flexibility index (Phi) is 3.99. The number of nitrogens with zero attached hydrogens (tertiary/aromatic N) is 4. The van der Waals surface area contributed by atoms with E-state index >= 15 is 0 Å². The lowest BCUT2D eigenvalue weighted by atomic mass is 9.99. The van der Waals surface area contributed by atoms with Crippen molar-refractivity contribution < 1.29 is 4.39 Å². The molecule has 0 bridgehead atoms. The first-order valence-corrected chi connectivity index (χ1v) is 10.2. The van der Waals surface area contributed by atoms with Gasteiger partial charge in [-0.2, -0.15) is 5.26 Å². The molecule has 0 aliphatic carbocycles. The molecule has 0 fully saturated rings. The summed E-state index contributed by atoms with van der Waals surface area (Å²) in [4.78, 5) is 8.66. The van der Waals surface area contributed by atoms with Crippen LogP contribution < -0.4 is 0 Å². The van der Waals surface area contributed by atoms with Crippen molar-refractivity contribution in [1.82, 2.24) is 14.5 Å². The van der Waals surface area contributed by atoms with Gasteiger partial charge < -0.3 is 4.57 Å². The van der Waals surface area contributed by atoms with Crippen LogP contribution in [0.2, 0.25) is 0 Å². The highest BCUT2D eigenvalue weighted by atomic mass is 19.1. The van der Waals surface area contributed by atoms with Crippen molar-refractivity contribution in [1.29, 1.82) is 5.26 Å². The molecule has 0 aliphatic rings. The number of benzene rings is 3. The van der Waals surface area contributed by atoms with E-state index in [4.69, 9.17) is 5.26 Å². The Morgan fingerprint density at radius 3 is 2.50 bits per heavy atom. The number of fused-ring (bicyclic) bond motifs is 4. The van der Waals surface area contributed by atoms with E-state index < -0.39 is 5.82 Å². The van der Waals surface area contributed by atoms with Gasteiger partial charge in [-0.15, -0.1) is 0 Å². The van der Waals surface area contributed by atoms with Gasteiger partial charge in [-0.3, -0.25) is 4.98 Å². The minimum atomic E-state index is -0.634. The van der Waals surface area contributed by atoms with Crippen LogP contribution >= 0.6 is 0 Å². The molecule has 3 aromatic heterocycles. The van der Waals surface area contributed by atoms with Gasteiger partial charge >= 0.3 is 0 Å². The minimum absolute atomic E-state index is 0.211. The van der Waals surface area contributed by atoms with E-state index in [1.807, 2.05) is 59.3 Å². The number of hydrogen-bond acceptors (Lipinski definition) is 3. The van der Waals surface area contributed by atoms with Crippen molar-refractivity contribution in [3.8, 4) is 22.9 Å². The molecule has 0 saturated heterocycles. The van der Waals surface area contributed by atoms with Crippen LogP contribution in [0.4, 0.5) is 4.39 Å². The maximum absolute atomic E-state index is 14.4. The number of para-hydroxylation sites is 2. The molecule has 0 spiro atoms. The van der Waals surface area contributed by atoms with E-state index in [1.165, 1.54) is 12.3 Å². The largest absolute Gasteiger partial charge is 0.308 e. The molecule has 0 amide bonds. The molecule has 32 heavy (non-hydrogen) atoms. The summed E-state index contributed by atoms with van der Waals surface area (Å²) in [5.74, 6) is -0.634. The lowest BCUT2D eigenvalue weighted by molar-refractivity contribution is 0.615. The van der Waals surface area contributed by atoms with Gasteiger partial charge in [0.05, 0.1) is 28.4 Å². The summed E-state index contributed by atoms with van der Waals surface area (Å²) in [5, 5.41) is 12.2. The van der Waals surface area contributed by atoms with E-state index in [-0.39, 0.29) is 5.69 Å². The first-order chi connectivity index (χ1) is 15.7. The second-order valence-electron chi connectivity index (χ2n) is 7.60. The Morgan fingerprint density at radius 1 is 0.812 bits per heavy atom. The third-order valence-electron chi connectivity index (χ3n) is 5.79. The third-order valence-corrected chi connectivity index (χ3v) is 5.79. The third kappa shape index (κ3) is 2.67. The first-order valence-electron chi connectivity index (χ1n) is 10.2. The van der Waals surface area contributed by atoms with Crippen LogP contribution in [-0.2, 0) is 0 Å². The molecule has 0 aliphatic heterocycles. The second-order valence-corrected chi connectivity index (χ2v) is 7.60.